The zero-order valence-corrected chi connectivity index (χ0v) is 17.5. The maximum atomic E-state index is 14.7. The molecule has 2 N–H and O–H groups in total. The van der Waals surface area contributed by atoms with Crippen molar-refractivity contribution >= 4 is 24.5 Å². The lowest BCUT2D eigenvalue weighted by atomic mass is 9.99. The molecule has 2 rings (SSSR count). The largest absolute Gasteiger partial charge is 0.399 e. The van der Waals surface area contributed by atoms with Crippen molar-refractivity contribution in [3.05, 3.63) is 41.2 Å². The van der Waals surface area contributed by atoms with Gasteiger partial charge in [0.1, 0.15) is 13.9 Å². The molecule has 0 aliphatic heterocycles. The first-order chi connectivity index (χ1) is 11.6. The number of halogens is 1. The molecule has 2 aromatic rings. The van der Waals surface area contributed by atoms with Crippen LogP contribution in [0.25, 0.3) is 10.8 Å². The van der Waals surface area contributed by atoms with Crippen LogP contribution in [0.1, 0.15) is 52.7 Å². The van der Waals surface area contributed by atoms with Gasteiger partial charge in [-0.1, -0.05) is 53.5 Å². The standard InChI is InChI=1S/C22H30FNSi/c1-14(2)25(15(3)4,16(5)6)11-10-20-21(23)9-8-18-13-19(24)12-17(7)22(18)20/h8-9,12-16H,24H2,1-7H3. The molecule has 0 aliphatic rings. The molecule has 3 heteroatoms. The SMILES string of the molecule is Cc1cc(N)cc2ccc(F)c(C#C[Si](C(C)C)(C(C)C)C(C)C)c12. The van der Waals surface area contributed by atoms with Crippen LogP contribution in [0.15, 0.2) is 24.3 Å². The fraction of sp³-hybridized carbons (Fsp3) is 0.455. The molecule has 0 aromatic heterocycles. The highest BCUT2D eigenvalue weighted by Gasteiger charge is 2.41. The van der Waals surface area contributed by atoms with Crippen LogP contribution in [-0.2, 0) is 0 Å². The quantitative estimate of drug-likeness (QED) is 0.383. The molecule has 0 spiro atoms. The average Bonchev–Trinajstić information content (AvgIpc) is 2.48. The van der Waals surface area contributed by atoms with Gasteiger partial charge >= 0.3 is 0 Å². The molecule has 1 nitrogen and oxygen atoms in total. The Labute approximate surface area is 152 Å². The topological polar surface area (TPSA) is 26.0 Å². The molecule has 0 saturated carbocycles. The van der Waals surface area contributed by atoms with E-state index in [1.807, 2.05) is 19.1 Å². The summed E-state index contributed by atoms with van der Waals surface area (Å²) in [6.45, 7) is 15.6. The van der Waals surface area contributed by atoms with E-state index in [0.29, 0.717) is 27.9 Å². The van der Waals surface area contributed by atoms with Crippen molar-refractivity contribution in [3.63, 3.8) is 0 Å². The van der Waals surface area contributed by atoms with Crippen LogP contribution in [0.3, 0.4) is 0 Å². The first-order valence-electron chi connectivity index (χ1n) is 9.12. The molecule has 0 unspecified atom stereocenters. The summed E-state index contributed by atoms with van der Waals surface area (Å²) in [7, 11) is -1.90. The van der Waals surface area contributed by atoms with E-state index in [-0.39, 0.29) is 5.82 Å². The summed E-state index contributed by atoms with van der Waals surface area (Å²) in [5.41, 5.74) is 13.4. The third-order valence-corrected chi connectivity index (χ3v) is 11.8. The predicted octanol–water partition coefficient (Wildman–Crippen LogP) is 6.44. The fourth-order valence-electron chi connectivity index (χ4n) is 4.41. The maximum Gasteiger partial charge on any atom is 0.146 e. The van der Waals surface area contributed by atoms with Crippen molar-refractivity contribution < 1.29 is 4.39 Å². The number of anilines is 1. The maximum absolute atomic E-state index is 14.7. The van der Waals surface area contributed by atoms with E-state index in [1.54, 1.807) is 6.07 Å². The molecule has 0 radical (unpaired) electrons. The van der Waals surface area contributed by atoms with Crippen LogP contribution < -0.4 is 5.73 Å². The van der Waals surface area contributed by atoms with Crippen molar-refractivity contribution in [1.29, 1.82) is 0 Å². The van der Waals surface area contributed by atoms with Crippen molar-refractivity contribution in [1.82, 2.24) is 0 Å². The summed E-state index contributed by atoms with van der Waals surface area (Å²) in [4.78, 5) is 0. The zero-order valence-electron chi connectivity index (χ0n) is 16.5. The minimum absolute atomic E-state index is 0.243. The average molecular weight is 356 g/mol. The Balaban J connectivity index is 2.77. The van der Waals surface area contributed by atoms with Gasteiger partial charge in [-0.15, -0.1) is 5.54 Å². The van der Waals surface area contributed by atoms with Gasteiger partial charge in [-0.2, -0.15) is 0 Å². The predicted molar refractivity (Wildman–Crippen MR) is 111 cm³/mol. The van der Waals surface area contributed by atoms with Crippen molar-refractivity contribution in [2.75, 3.05) is 5.73 Å². The highest BCUT2D eigenvalue weighted by atomic mass is 28.3. The van der Waals surface area contributed by atoms with Gasteiger partial charge in [-0.3, -0.25) is 0 Å². The van der Waals surface area contributed by atoms with E-state index in [9.17, 15) is 4.39 Å². The van der Waals surface area contributed by atoms with Gasteiger partial charge in [-0.05, 0) is 52.7 Å². The molecule has 2 aromatic carbocycles. The minimum Gasteiger partial charge on any atom is -0.399 e. The van der Waals surface area contributed by atoms with Gasteiger partial charge in [-0.25, -0.2) is 4.39 Å². The minimum atomic E-state index is -1.90. The molecule has 0 bridgehead atoms. The first kappa shape index (κ1) is 19.5. The van der Waals surface area contributed by atoms with E-state index in [4.69, 9.17) is 5.73 Å². The number of nitrogens with two attached hydrogens (primary N) is 1. The number of hydrogen-bond acceptors (Lipinski definition) is 1. The summed E-state index contributed by atoms with van der Waals surface area (Å²) in [5.74, 6) is 3.05. The molecule has 0 heterocycles. The van der Waals surface area contributed by atoms with Gasteiger partial charge in [0, 0.05) is 11.1 Å². The van der Waals surface area contributed by atoms with Gasteiger partial charge in [0.05, 0.1) is 5.56 Å². The Morgan fingerprint density at radius 2 is 1.52 bits per heavy atom. The second kappa shape index (κ2) is 7.21. The second-order valence-electron chi connectivity index (χ2n) is 8.01. The van der Waals surface area contributed by atoms with Crippen LogP contribution in [0.2, 0.25) is 16.6 Å². The van der Waals surface area contributed by atoms with E-state index in [2.05, 4.69) is 53.0 Å². The van der Waals surface area contributed by atoms with Gasteiger partial charge < -0.3 is 5.73 Å². The molecule has 0 aliphatic carbocycles. The Kier molecular flexibility index (Phi) is 5.64. The molecule has 134 valence electrons. The lowest BCUT2D eigenvalue weighted by Gasteiger charge is -2.38. The van der Waals surface area contributed by atoms with E-state index in [1.165, 1.54) is 6.07 Å². The van der Waals surface area contributed by atoms with E-state index >= 15 is 0 Å². The van der Waals surface area contributed by atoms with Gasteiger partial charge in [0.2, 0.25) is 0 Å². The van der Waals surface area contributed by atoms with E-state index < -0.39 is 8.07 Å². The van der Waals surface area contributed by atoms with E-state index in [0.717, 1.165) is 16.3 Å². The Morgan fingerprint density at radius 1 is 0.960 bits per heavy atom. The van der Waals surface area contributed by atoms with Crippen LogP contribution in [0, 0.1) is 24.2 Å². The number of hydrogen-bond donors (Lipinski definition) is 1. The van der Waals surface area contributed by atoms with Crippen molar-refractivity contribution in [3.8, 4) is 11.5 Å². The number of nitrogen functional groups attached to an aromatic ring is 1. The summed E-state index contributed by atoms with van der Waals surface area (Å²) in [6, 6.07) is 7.09. The van der Waals surface area contributed by atoms with Crippen LogP contribution in [0.4, 0.5) is 10.1 Å². The number of aryl methyl sites for hydroxylation is 1. The number of rotatable bonds is 3. The highest BCUT2D eigenvalue weighted by Crippen LogP contribution is 2.41. The molecule has 25 heavy (non-hydrogen) atoms. The fourth-order valence-corrected chi connectivity index (χ4v) is 9.62. The molecular formula is C22H30FNSi. The van der Waals surface area contributed by atoms with Crippen LogP contribution >= 0.6 is 0 Å². The van der Waals surface area contributed by atoms with Crippen molar-refractivity contribution in [2.24, 2.45) is 0 Å². The normalized spacial score (nSPS) is 12.1. The van der Waals surface area contributed by atoms with Crippen molar-refractivity contribution in [2.45, 2.75) is 65.1 Å². The molecule has 0 saturated heterocycles. The summed E-state index contributed by atoms with van der Waals surface area (Å²) in [5, 5.41) is 1.84. The monoisotopic (exact) mass is 355 g/mol. The highest BCUT2D eigenvalue weighted by molar-refractivity contribution is 6.90. The van der Waals surface area contributed by atoms with Gasteiger partial charge in [0.25, 0.3) is 0 Å². The first-order valence-corrected chi connectivity index (χ1v) is 11.4. The molecule has 0 fully saturated rings. The summed E-state index contributed by atoms with van der Waals surface area (Å²) >= 11 is 0. The number of benzene rings is 2. The molecule has 0 atom stereocenters. The third-order valence-electron chi connectivity index (χ3n) is 5.56. The lowest BCUT2D eigenvalue weighted by Crippen LogP contribution is -2.43. The smallest absolute Gasteiger partial charge is 0.146 e. The lowest BCUT2D eigenvalue weighted by molar-refractivity contribution is 0.626. The second-order valence-corrected chi connectivity index (χ2v) is 13.6. The summed E-state index contributed by atoms with van der Waals surface area (Å²) < 4.78 is 14.7. The Hall–Kier alpha value is -1.79. The molecule has 0 amide bonds. The zero-order chi connectivity index (χ0) is 18.9. The van der Waals surface area contributed by atoms with Crippen LogP contribution in [-0.4, -0.2) is 8.07 Å². The third kappa shape index (κ3) is 3.46. The number of fused-ring (bicyclic) bond motifs is 1. The van der Waals surface area contributed by atoms with Gasteiger partial charge in [0.15, 0.2) is 0 Å². The Bertz CT molecular complexity index is 819. The summed E-state index contributed by atoms with van der Waals surface area (Å²) in [6.07, 6.45) is 0. The Morgan fingerprint density at radius 3 is 2.04 bits per heavy atom. The van der Waals surface area contributed by atoms with Crippen LogP contribution in [0.5, 0.6) is 0 Å². The molecular weight excluding hydrogens is 325 g/mol.